The van der Waals surface area contributed by atoms with Crippen LogP contribution >= 0.6 is 0 Å². The van der Waals surface area contributed by atoms with Crippen molar-refractivity contribution in [2.75, 3.05) is 29.0 Å². The number of nitrogens with one attached hydrogen (secondary N) is 1. The molecule has 1 aromatic carbocycles. The van der Waals surface area contributed by atoms with E-state index in [4.69, 9.17) is 0 Å². The molecule has 5 nitrogen and oxygen atoms in total. The lowest BCUT2D eigenvalue weighted by Crippen LogP contribution is -2.20. The molecule has 0 aliphatic heterocycles. The molecule has 0 radical (unpaired) electrons. The van der Waals surface area contributed by atoms with E-state index in [0.717, 1.165) is 37.1 Å². The number of rotatable bonds is 10. The van der Waals surface area contributed by atoms with Crippen molar-refractivity contribution < 1.29 is 8.42 Å². The fraction of sp³-hybridized carbons (Fsp3) is 0.421. The van der Waals surface area contributed by atoms with Crippen molar-refractivity contribution in [2.24, 2.45) is 0 Å². The number of anilines is 2. The van der Waals surface area contributed by atoms with Crippen molar-refractivity contribution in [3.8, 4) is 0 Å². The third-order valence-corrected chi connectivity index (χ3v) is 5.36. The van der Waals surface area contributed by atoms with E-state index in [0.29, 0.717) is 12.2 Å². The number of nitrogens with zero attached hydrogens (tertiary/aromatic N) is 2. The molecule has 25 heavy (non-hydrogen) atoms. The average molecular weight is 362 g/mol. The van der Waals surface area contributed by atoms with Gasteiger partial charge in [-0.15, -0.1) is 0 Å². The Hall–Kier alpha value is -2.08. The zero-order valence-electron chi connectivity index (χ0n) is 15.0. The molecule has 0 saturated heterocycles. The van der Waals surface area contributed by atoms with E-state index in [1.54, 1.807) is 12.3 Å². The van der Waals surface area contributed by atoms with Crippen molar-refractivity contribution in [1.82, 2.24) is 4.98 Å². The largest absolute Gasteiger partial charge is 0.373 e. The molecule has 6 heteroatoms. The van der Waals surface area contributed by atoms with Gasteiger partial charge in [-0.3, -0.25) is 4.72 Å². The maximum Gasteiger partial charge on any atom is 0.233 e. The Morgan fingerprint density at radius 3 is 2.48 bits per heavy atom. The van der Waals surface area contributed by atoms with Crippen LogP contribution in [0, 0.1) is 0 Å². The normalized spacial score (nSPS) is 11.3. The van der Waals surface area contributed by atoms with E-state index in [1.165, 1.54) is 0 Å². The molecule has 1 N–H and O–H groups in total. The minimum Gasteiger partial charge on any atom is -0.373 e. The summed E-state index contributed by atoms with van der Waals surface area (Å²) in [6.07, 6.45) is 5.29. The molecule has 0 saturated carbocycles. The number of benzene rings is 1. The number of hydrogen-bond donors (Lipinski definition) is 1. The van der Waals surface area contributed by atoms with Crippen molar-refractivity contribution in [3.63, 3.8) is 0 Å². The molecule has 0 bridgehead atoms. The molecule has 0 aliphatic carbocycles. The summed E-state index contributed by atoms with van der Waals surface area (Å²) >= 11 is 0. The first kappa shape index (κ1) is 19.2. The van der Waals surface area contributed by atoms with Gasteiger partial charge in [0.2, 0.25) is 10.0 Å². The van der Waals surface area contributed by atoms with Crippen LogP contribution in [0.2, 0.25) is 0 Å². The molecular formula is C19H27N3O2S. The van der Waals surface area contributed by atoms with Gasteiger partial charge in [-0.2, -0.15) is 0 Å². The predicted molar refractivity (Wildman–Crippen MR) is 105 cm³/mol. The summed E-state index contributed by atoms with van der Waals surface area (Å²) in [7, 11) is -1.36. The van der Waals surface area contributed by atoms with Crippen LogP contribution in [0.25, 0.3) is 0 Å². The van der Waals surface area contributed by atoms with E-state index in [1.807, 2.05) is 43.4 Å². The highest BCUT2D eigenvalue weighted by atomic mass is 32.2. The highest BCUT2D eigenvalue weighted by Crippen LogP contribution is 2.15. The zero-order valence-corrected chi connectivity index (χ0v) is 15.8. The second-order valence-electron chi connectivity index (χ2n) is 6.19. The standard InChI is InChI=1S/C19H27N3O2S/c1-3-4-14-22(2)18-12-13-19(20-16-18)21-25(23,24)15-8-11-17-9-6-5-7-10-17/h5-7,9-10,12-13,16H,3-4,8,11,14-15H2,1-2H3,(H,20,21). The van der Waals surface area contributed by atoms with Gasteiger partial charge >= 0.3 is 0 Å². The number of aryl methyl sites for hydroxylation is 1. The van der Waals surface area contributed by atoms with Gasteiger partial charge in [-0.05, 0) is 37.0 Å². The van der Waals surface area contributed by atoms with Crippen molar-refractivity contribution in [1.29, 1.82) is 0 Å². The summed E-state index contributed by atoms with van der Waals surface area (Å²) in [4.78, 5) is 6.35. The summed E-state index contributed by atoms with van der Waals surface area (Å²) in [6, 6.07) is 13.5. The first-order chi connectivity index (χ1) is 12.0. The highest BCUT2D eigenvalue weighted by molar-refractivity contribution is 7.92. The number of sulfonamides is 1. The summed E-state index contributed by atoms with van der Waals surface area (Å²) in [6.45, 7) is 3.12. The van der Waals surface area contributed by atoms with Gasteiger partial charge in [-0.25, -0.2) is 13.4 Å². The Morgan fingerprint density at radius 1 is 1.08 bits per heavy atom. The lowest BCUT2D eigenvalue weighted by atomic mass is 10.1. The third-order valence-electron chi connectivity index (χ3n) is 4.02. The van der Waals surface area contributed by atoms with Gasteiger partial charge in [0.15, 0.2) is 0 Å². The Morgan fingerprint density at radius 2 is 1.84 bits per heavy atom. The minimum atomic E-state index is -3.38. The van der Waals surface area contributed by atoms with E-state index in [2.05, 4.69) is 21.5 Å². The summed E-state index contributed by atoms with van der Waals surface area (Å²) in [5.74, 6) is 0.453. The van der Waals surface area contributed by atoms with Crippen LogP contribution in [0.5, 0.6) is 0 Å². The van der Waals surface area contributed by atoms with E-state index in [9.17, 15) is 8.42 Å². The summed E-state index contributed by atoms with van der Waals surface area (Å²) in [5, 5.41) is 0. The van der Waals surface area contributed by atoms with Crippen molar-refractivity contribution >= 4 is 21.5 Å². The molecule has 0 amide bonds. The second kappa shape index (κ2) is 9.42. The fourth-order valence-electron chi connectivity index (χ4n) is 2.52. The van der Waals surface area contributed by atoms with Crippen LogP contribution in [0.1, 0.15) is 31.7 Å². The Labute approximate surface area is 151 Å². The summed E-state index contributed by atoms with van der Waals surface area (Å²) < 4.78 is 26.9. The molecule has 0 aliphatic rings. The van der Waals surface area contributed by atoms with Gasteiger partial charge in [0.1, 0.15) is 5.82 Å². The lowest BCUT2D eigenvalue weighted by Gasteiger charge is -2.18. The molecule has 1 aromatic heterocycles. The van der Waals surface area contributed by atoms with E-state index in [-0.39, 0.29) is 5.75 Å². The number of pyridine rings is 1. The fourth-order valence-corrected chi connectivity index (χ4v) is 3.58. The smallest absolute Gasteiger partial charge is 0.233 e. The highest BCUT2D eigenvalue weighted by Gasteiger charge is 2.11. The monoisotopic (exact) mass is 361 g/mol. The van der Waals surface area contributed by atoms with Crippen LogP contribution in [-0.2, 0) is 16.4 Å². The third kappa shape index (κ3) is 6.74. The van der Waals surface area contributed by atoms with Crippen molar-refractivity contribution in [3.05, 3.63) is 54.2 Å². The van der Waals surface area contributed by atoms with Gasteiger partial charge in [0.25, 0.3) is 0 Å². The zero-order chi connectivity index (χ0) is 18.1. The molecule has 0 atom stereocenters. The van der Waals surface area contributed by atoms with Gasteiger partial charge in [0, 0.05) is 13.6 Å². The van der Waals surface area contributed by atoms with Crippen molar-refractivity contribution in [2.45, 2.75) is 32.6 Å². The van der Waals surface area contributed by atoms with Crippen LogP contribution in [0.3, 0.4) is 0 Å². The molecule has 0 fully saturated rings. The Balaban J connectivity index is 1.85. The van der Waals surface area contributed by atoms with Crippen LogP contribution in [0.4, 0.5) is 11.5 Å². The molecule has 0 unspecified atom stereocenters. The molecule has 136 valence electrons. The quantitative estimate of drug-likeness (QED) is 0.701. The van der Waals surface area contributed by atoms with Gasteiger partial charge in [-0.1, -0.05) is 43.7 Å². The number of unbranched alkanes of at least 4 members (excludes halogenated alkanes) is 1. The minimum absolute atomic E-state index is 0.0850. The van der Waals surface area contributed by atoms with E-state index < -0.39 is 10.0 Å². The molecule has 2 rings (SSSR count). The lowest BCUT2D eigenvalue weighted by molar-refractivity contribution is 0.598. The summed E-state index contributed by atoms with van der Waals surface area (Å²) in [5.41, 5.74) is 2.13. The van der Waals surface area contributed by atoms with Crippen LogP contribution in [0.15, 0.2) is 48.7 Å². The molecule has 2 aromatic rings. The predicted octanol–water partition coefficient (Wildman–Crippen LogP) is 3.69. The van der Waals surface area contributed by atoms with Crippen LogP contribution < -0.4 is 9.62 Å². The molecule has 1 heterocycles. The SMILES string of the molecule is CCCCN(C)c1ccc(NS(=O)(=O)CCCc2ccccc2)nc1. The number of hydrogen-bond acceptors (Lipinski definition) is 4. The second-order valence-corrected chi connectivity index (χ2v) is 8.03. The van der Waals surface area contributed by atoms with E-state index >= 15 is 0 Å². The topological polar surface area (TPSA) is 62.3 Å². The molecule has 0 spiro atoms. The first-order valence-electron chi connectivity index (χ1n) is 8.72. The number of aromatic nitrogens is 1. The first-order valence-corrected chi connectivity index (χ1v) is 10.4. The maximum absolute atomic E-state index is 12.2. The Bertz CT molecular complexity index is 731. The molecular weight excluding hydrogens is 334 g/mol. The van der Waals surface area contributed by atoms with Crippen LogP contribution in [-0.4, -0.2) is 32.7 Å². The van der Waals surface area contributed by atoms with Gasteiger partial charge < -0.3 is 4.90 Å². The Kier molecular flexibility index (Phi) is 7.25. The van der Waals surface area contributed by atoms with Gasteiger partial charge in [0.05, 0.1) is 17.6 Å². The average Bonchev–Trinajstić information content (AvgIpc) is 2.60. The maximum atomic E-state index is 12.2.